The maximum absolute atomic E-state index is 5.71. The summed E-state index contributed by atoms with van der Waals surface area (Å²) < 4.78 is 2.10. The Morgan fingerprint density at radius 3 is 2.36 bits per heavy atom. The van der Waals surface area contributed by atoms with Gasteiger partial charge < -0.3 is 5.73 Å². The number of aromatic nitrogens is 2. The number of benzene rings is 3. The van der Waals surface area contributed by atoms with Crippen molar-refractivity contribution in [2.75, 3.05) is 0 Å². The topological polar surface area (TPSA) is 43.8 Å². The smallest absolute Gasteiger partial charge is 0.100 e. The zero-order valence-corrected chi connectivity index (χ0v) is 14.3. The minimum atomic E-state index is 0.558. The summed E-state index contributed by atoms with van der Waals surface area (Å²) in [6, 6.07) is 25.2. The molecule has 3 nitrogen and oxygen atoms in total. The molecule has 3 heteroatoms. The second-order valence-corrected chi connectivity index (χ2v) is 6.35. The number of nitrogens with two attached hydrogens (primary N) is 1. The lowest BCUT2D eigenvalue weighted by Crippen LogP contribution is -2.03. The maximum Gasteiger partial charge on any atom is 0.100 e. The SMILES string of the molecule is Cc1ccccc1Cn1nc(-c2ccc(CN)cc2)c2ccccc21. The first-order valence-corrected chi connectivity index (χ1v) is 8.55. The lowest BCUT2D eigenvalue weighted by molar-refractivity contribution is 0.712. The fourth-order valence-corrected chi connectivity index (χ4v) is 3.21. The highest BCUT2D eigenvalue weighted by Gasteiger charge is 2.12. The molecule has 0 aliphatic heterocycles. The molecule has 25 heavy (non-hydrogen) atoms. The molecule has 0 atom stereocenters. The molecule has 0 amide bonds. The average molecular weight is 327 g/mol. The van der Waals surface area contributed by atoms with Crippen molar-refractivity contribution in [3.63, 3.8) is 0 Å². The second-order valence-electron chi connectivity index (χ2n) is 6.35. The minimum absolute atomic E-state index is 0.558. The van der Waals surface area contributed by atoms with Crippen LogP contribution in [0, 0.1) is 6.92 Å². The number of hydrogen-bond donors (Lipinski definition) is 1. The molecule has 0 aliphatic carbocycles. The maximum atomic E-state index is 5.71. The third-order valence-corrected chi connectivity index (χ3v) is 4.70. The van der Waals surface area contributed by atoms with Crippen LogP contribution in [-0.2, 0) is 13.1 Å². The van der Waals surface area contributed by atoms with E-state index < -0.39 is 0 Å². The monoisotopic (exact) mass is 327 g/mol. The predicted octanol–water partition coefficient (Wildman–Crippen LogP) is 4.52. The molecule has 2 N–H and O–H groups in total. The van der Waals surface area contributed by atoms with Crippen molar-refractivity contribution in [1.29, 1.82) is 0 Å². The molecule has 0 unspecified atom stereocenters. The molecular formula is C22H21N3. The van der Waals surface area contributed by atoms with Crippen molar-refractivity contribution in [1.82, 2.24) is 9.78 Å². The van der Waals surface area contributed by atoms with Crippen molar-refractivity contribution >= 4 is 10.9 Å². The number of aryl methyl sites for hydroxylation is 1. The van der Waals surface area contributed by atoms with Crippen LogP contribution in [0.4, 0.5) is 0 Å². The Morgan fingerprint density at radius 1 is 0.880 bits per heavy atom. The van der Waals surface area contributed by atoms with Gasteiger partial charge >= 0.3 is 0 Å². The molecule has 0 saturated heterocycles. The van der Waals surface area contributed by atoms with Gasteiger partial charge in [-0.25, -0.2) is 0 Å². The Balaban J connectivity index is 1.82. The van der Waals surface area contributed by atoms with Gasteiger partial charge in [-0.3, -0.25) is 4.68 Å². The largest absolute Gasteiger partial charge is 0.326 e. The summed E-state index contributed by atoms with van der Waals surface area (Å²) in [5, 5.41) is 6.11. The first-order valence-electron chi connectivity index (χ1n) is 8.55. The Hall–Kier alpha value is -2.91. The summed E-state index contributed by atoms with van der Waals surface area (Å²) in [5.74, 6) is 0. The van der Waals surface area contributed by atoms with E-state index in [1.165, 1.54) is 16.5 Å². The van der Waals surface area contributed by atoms with Crippen molar-refractivity contribution in [2.24, 2.45) is 5.73 Å². The quantitative estimate of drug-likeness (QED) is 0.599. The molecule has 4 aromatic rings. The van der Waals surface area contributed by atoms with E-state index in [2.05, 4.69) is 84.4 Å². The Kier molecular flexibility index (Phi) is 4.08. The van der Waals surface area contributed by atoms with Gasteiger partial charge in [0.25, 0.3) is 0 Å². The standard InChI is InChI=1S/C22H21N3/c1-16-6-2-3-7-19(16)15-25-21-9-5-4-8-20(21)22(24-25)18-12-10-17(14-23)11-13-18/h2-13H,14-15,23H2,1H3. The first kappa shape index (κ1) is 15.6. The van der Waals surface area contributed by atoms with Gasteiger partial charge in [-0.15, -0.1) is 0 Å². The van der Waals surface area contributed by atoms with E-state index >= 15 is 0 Å². The summed E-state index contributed by atoms with van der Waals surface area (Å²) in [4.78, 5) is 0. The zero-order valence-electron chi connectivity index (χ0n) is 14.3. The zero-order chi connectivity index (χ0) is 17.2. The number of para-hydroxylation sites is 1. The molecule has 124 valence electrons. The number of rotatable bonds is 4. The van der Waals surface area contributed by atoms with Crippen molar-refractivity contribution in [3.05, 3.63) is 89.5 Å². The lowest BCUT2D eigenvalue weighted by Gasteiger charge is -2.07. The molecule has 0 bridgehead atoms. The third-order valence-electron chi connectivity index (χ3n) is 4.70. The van der Waals surface area contributed by atoms with E-state index in [4.69, 9.17) is 10.8 Å². The molecule has 3 aromatic carbocycles. The van der Waals surface area contributed by atoms with Crippen LogP contribution in [0.2, 0.25) is 0 Å². The Bertz CT molecular complexity index is 1010. The summed E-state index contributed by atoms with van der Waals surface area (Å²) in [5.41, 5.74) is 12.7. The molecule has 0 radical (unpaired) electrons. The molecule has 4 rings (SSSR count). The third kappa shape index (κ3) is 2.94. The van der Waals surface area contributed by atoms with Crippen LogP contribution in [0.25, 0.3) is 22.2 Å². The summed E-state index contributed by atoms with van der Waals surface area (Å²) >= 11 is 0. The molecular weight excluding hydrogens is 306 g/mol. The number of nitrogens with zero attached hydrogens (tertiary/aromatic N) is 2. The molecule has 0 saturated carbocycles. The molecule has 1 aromatic heterocycles. The molecule has 0 aliphatic rings. The highest BCUT2D eigenvalue weighted by atomic mass is 15.3. The number of hydrogen-bond acceptors (Lipinski definition) is 2. The van der Waals surface area contributed by atoms with Gasteiger partial charge in [0.05, 0.1) is 12.1 Å². The average Bonchev–Trinajstić information content (AvgIpc) is 3.02. The van der Waals surface area contributed by atoms with E-state index in [-0.39, 0.29) is 0 Å². The van der Waals surface area contributed by atoms with Crippen molar-refractivity contribution in [2.45, 2.75) is 20.0 Å². The van der Waals surface area contributed by atoms with Gasteiger partial charge in [-0.05, 0) is 29.7 Å². The van der Waals surface area contributed by atoms with Crippen LogP contribution in [0.1, 0.15) is 16.7 Å². The Morgan fingerprint density at radius 2 is 1.60 bits per heavy atom. The van der Waals surface area contributed by atoms with Gasteiger partial charge in [0.15, 0.2) is 0 Å². The molecule has 0 spiro atoms. The van der Waals surface area contributed by atoms with Gasteiger partial charge in [0, 0.05) is 17.5 Å². The fourth-order valence-electron chi connectivity index (χ4n) is 3.21. The van der Waals surface area contributed by atoms with Crippen LogP contribution >= 0.6 is 0 Å². The van der Waals surface area contributed by atoms with Crippen LogP contribution in [0.15, 0.2) is 72.8 Å². The van der Waals surface area contributed by atoms with Crippen LogP contribution in [0.5, 0.6) is 0 Å². The molecule has 1 heterocycles. The Labute approximate surface area is 147 Å². The number of fused-ring (bicyclic) bond motifs is 1. The predicted molar refractivity (Wildman–Crippen MR) is 103 cm³/mol. The highest BCUT2D eigenvalue weighted by Crippen LogP contribution is 2.28. The fraction of sp³-hybridized carbons (Fsp3) is 0.136. The molecule has 0 fully saturated rings. The van der Waals surface area contributed by atoms with Crippen LogP contribution in [0.3, 0.4) is 0 Å². The second kappa shape index (κ2) is 6.54. The van der Waals surface area contributed by atoms with Crippen molar-refractivity contribution < 1.29 is 0 Å². The van der Waals surface area contributed by atoms with Gasteiger partial charge in [0.1, 0.15) is 5.69 Å². The summed E-state index contributed by atoms with van der Waals surface area (Å²) in [6.07, 6.45) is 0. The van der Waals surface area contributed by atoms with E-state index in [0.29, 0.717) is 6.54 Å². The van der Waals surface area contributed by atoms with E-state index in [1.807, 2.05) is 0 Å². The van der Waals surface area contributed by atoms with E-state index in [0.717, 1.165) is 28.9 Å². The van der Waals surface area contributed by atoms with Crippen LogP contribution in [-0.4, -0.2) is 9.78 Å². The van der Waals surface area contributed by atoms with Gasteiger partial charge in [-0.1, -0.05) is 66.7 Å². The van der Waals surface area contributed by atoms with Crippen LogP contribution < -0.4 is 5.73 Å². The summed E-state index contributed by atoms with van der Waals surface area (Å²) in [6.45, 7) is 3.48. The minimum Gasteiger partial charge on any atom is -0.326 e. The van der Waals surface area contributed by atoms with Gasteiger partial charge in [0.2, 0.25) is 0 Å². The normalized spacial score (nSPS) is 11.1. The highest BCUT2D eigenvalue weighted by molar-refractivity contribution is 5.93. The first-order chi connectivity index (χ1) is 12.3. The van der Waals surface area contributed by atoms with E-state index in [9.17, 15) is 0 Å². The van der Waals surface area contributed by atoms with E-state index in [1.54, 1.807) is 0 Å². The van der Waals surface area contributed by atoms with Crippen molar-refractivity contribution in [3.8, 4) is 11.3 Å². The lowest BCUT2D eigenvalue weighted by atomic mass is 10.1. The summed E-state index contributed by atoms with van der Waals surface area (Å²) in [7, 11) is 0. The van der Waals surface area contributed by atoms with Gasteiger partial charge in [-0.2, -0.15) is 5.10 Å².